The van der Waals surface area contributed by atoms with E-state index in [0.717, 1.165) is 41.5 Å². The Hall–Kier alpha value is -3.84. The molecule has 0 atom stereocenters. The molecule has 0 spiro atoms. The molecule has 0 unspecified atom stereocenters. The maximum Gasteiger partial charge on any atom is 0.410 e. The highest BCUT2D eigenvalue weighted by Gasteiger charge is 2.27. The lowest BCUT2D eigenvalue weighted by Gasteiger charge is -2.36. The molecular formula is C26H31N7O3. The second kappa shape index (κ2) is 9.66. The van der Waals surface area contributed by atoms with Crippen molar-refractivity contribution in [2.75, 3.05) is 62.3 Å². The first-order chi connectivity index (χ1) is 17.3. The van der Waals surface area contributed by atoms with E-state index in [1.165, 1.54) is 0 Å². The Morgan fingerprint density at radius 2 is 1.81 bits per heavy atom. The molecule has 10 nitrogen and oxygen atoms in total. The summed E-state index contributed by atoms with van der Waals surface area (Å²) in [6.07, 6.45) is 9.15. The standard InChI is InChI=1S/C26H31N7O3/c1-5-20-23(33-24(29-20)21(8-9-28-33)30-14-16-35-17-15-30)19-6-7-22(27-18-19)31-10-12-32(13-11-31)25(34)36-26(2,3)4/h1,6-9,18H,10-17H2,2-4H3. The van der Waals surface area contributed by atoms with Crippen molar-refractivity contribution in [3.05, 3.63) is 36.3 Å². The Kier molecular flexibility index (Phi) is 6.41. The second-order valence-corrected chi connectivity index (χ2v) is 9.86. The molecule has 5 rings (SSSR count). The van der Waals surface area contributed by atoms with Crippen molar-refractivity contribution >= 4 is 23.2 Å². The van der Waals surface area contributed by atoms with Gasteiger partial charge in [-0.2, -0.15) is 5.10 Å². The van der Waals surface area contributed by atoms with Gasteiger partial charge in [0.15, 0.2) is 5.65 Å². The van der Waals surface area contributed by atoms with Crippen molar-refractivity contribution in [2.24, 2.45) is 0 Å². The molecule has 1 amide bonds. The molecule has 10 heteroatoms. The van der Waals surface area contributed by atoms with Crippen LogP contribution in [0.5, 0.6) is 0 Å². The van der Waals surface area contributed by atoms with E-state index in [0.29, 0.717) is 45.1 Å². The number of pyridine rings is 1. The van der Waals surface area contributed by atoms with Crippen LogP contribution in [0.25, 0.3) is 16.9 Å². The molecule has 0 aromatic carbocycles. The number of ether oxygens (including phenoxy) is 2. The molecule has 188 valence electrons. The molecule has 3 aromatic rings. The number of piperazine rings is 1. The largest absolute Gasteiger partial charge is 0.444 e. The predicted octanol–water partition coefficient (Wildman–Crippen LogP) is 2.67. The van der Waals surface area contributed by atoms with Gasteiger partial charge in [0.2, 0.25) is 0 Å². The second-order valence-electron chi connectivity index (χ2n) is 9.86. The maximum atomic E-state index is 12.4. The molecule has 2 fully saturated rings. The van der Waals surface area contributed by atoms with Crippen molar-refractivity contribution in [3.63, 3.8) is 0 Å². The van der Waals surface area contributed by atoms with Crippen LogP contribution in [0, 0.1) is 12.3 Å². The normalized spacial score (nSPS) is 16.8. The van der Waals surface area contributed by atoms with Crippen LogP contribution < -0.4 is 9.80 Å². The van der Waals surface area contributed by atoms with Gasteiger partial charge in [0, 0.05) is 51.0 Å². The highest BCUT2D eigenvalue weighted by atomic mass is 16.6. The molecule has 0 N–H and O–H groups in total. The molecule has 0 bridgehead atoms. The maximum absolute atomic E-state index is 12.4. The van der Waals surface area contributed by atoms with Crippen LogP contribution in [0.2, 0.25) is 0 Å². The number of anilines is 2. The Labute approximate surface area is 210 Å². The van der Waals surface area contributed by atoms with Gasteiger partial charge in [0.25, 0.3) is 0 Å². The first-order valence-electron chi connectivity index (χ1n) is 12.2. The van der Waals surface area contributed by atoms with E-state index < -0.39 is 5.60 Å². The van der Waals surface area contributed by atoms with Gasteiger partial charge < -0.3 is 24.2 Å². The lowest BCUT2D eigenvalue weighted by Crippen LogP contribution is -2.50. The molecule has 0 radical (unpaired) electrons. The number of carbonyl (C=O) groups excluding carboxylic acids is 1. The van der Waals surface area contributed by atoms with Crippen LogP contribution in [0.15, 0.2) is 30.6 Å². The minimum absolute atomic E-state index is 0.274. The monoisotopic (exact) mass is 489 g/mol. The number of carbonyl (C=O) groups is 1. The SMILES string of the molecule is C#Cc1nc2c(N3CCOCC3)ccnn2c1-c1ccc(N2CCN(C(=O)OC(C)(C)C)CC2)nc1. The Morgan fingerprint density at radius 3 is 2.44 bits per heavy atom. The number of imidazole rings is 1. The summed E-state index contributed by atoms with van der Waals surface area (Å²) >= 11 is 0. The number of terminal acetylenes is 1. The Bertz CT molecular complexity index is 1280. The molecule has 0 aliphatic carbocycles. The van der Waals surface area contributed by atoms with Crippen molar-refractivity contribution in [1.29, 1.82) is 0 Å². The first kappa shape index (κ1) is 23.9. The summed E-state index contributed by atoms with van der Waals surface area (Å²) in [5, 5.41) is 4.56. The van der Waals surface area contributed by atoms with Crippen LogP contribution in [-0.2, 0) is 9.47 Å². The molecule has 0 saturated carbocycles. The number of fused-ring (bicyclic) bond motifs is 1. The number of hydrogen-bond acceptors (Lipinski definition) is 8. The van der Waals surface area contributed by atoms with E-state index in [4.69, 9.17) is 25.9 Å². The predicted molar refractivity (Wildman–Crippen MR) is 137 cm³/mol. The van der Waals surface area contributed by atoms with Crippen LogP contribution >= 0.6 is 0 Å². The zero-order valence-electron chi connectivity index (χ0n) is 21.0. The van der Waals surface area contributed by atoms with E-state index in [2.05, 4.69) is 20.8 Å². The number of nitrogens with zero attached hydrogens (tertiary/aromatic N) is 7. The molecule has 2 aliphatic rings. The summed E-state index contributed by atoms with van der Waals surface area (Å²) < 4.78 is 12.8. The number of aromatic nitrogens is 4. The van der Waals surface area contributed by atoms with Gasteiger partial charge >= 0.3 is 6.09 Å². The molecular weight excluding hydrogens is 458 g/mol. The average Bonchev–Trinajstić information content (AvgIpc) is 3.27. The van der Waals surface area contributed by atoms with Gasteiger partial charge in [-0.25, -0.2) is 19.3 Å². The molecule has 36 heavy (non-hydrogen) atoms. The highest BCUT2D eigenvalue weighted by Crippen LogP contribution is 2.30. The fourth-order valence-corrected chi connectivity index (χ4v) is 4.50. The lowest BCUT2D eigenvalue weighted by molar-refractivity contribution is 0.0240. The van der Waals surface area contributed by atoms with E-state index in [1.54, 1.807) is 15.6 Å². The minimum Gasteiger partial charge on any atom is -0.444 e. The Balaban J connectivity index is 1.35. The molecule has 5 heterocycles. The van der Waals surface area contributed by atoms with Crippen molar-refractivity contribution < 1.29 is 14.3 Å². The third kappa shape index (κ3) is 4.79. The lowest BCUT2D eigenvalue weighted by atomic mass is 10.1. The van der Waals surface area contributed by atoms with Gasteiger partial charge in [0.05, 0.1) is 25.1 Å². The molecule has 2 saturated heterocycles. The van der Waals surface area contributed by atoms with Gasteiger partial charge in [-0.3, -0.25) is 0 Å². The van der Waals surface area contributed by atoms with Crippen molar-refractivity contribution in [3.8, 4) is 23.6 Å². The van der Waals surface area contributed by atoms with Gasteiger partial charge in [0.1, 0.15) is 22.8 Å². The van der Waals surface area contributed by atoms with E-state index in [-0.39, 0.29) is 6.09 Å². The molecule has 2 aliphatic heterocycles. The van der Waals surface area contributed by atoms with Gasteiger partial charge in [-0.15, -0.1) is 6.42 Å². The smallest absolute Gasteiger partial charge is 0.410 e. The summed E-state index contributed by atoms with van der Waals surface area (Å²) in [6, 6.07) is 5.94. The fourth-order valence-electron chi connectivity index (χ4n) is 4.50. The number of morpholine rings is 1. The molecule has 3 aromatic heterocycles. The minimum atomic E-state index is -0.501. The summed E-state index contributed by atoms with van der Waals surface area (Å²) in [5.74, 6) is 3.57. The van der Waals surface area contributed by atoms with Gasteiger partial charge in [-0.1, -0.05) is 0 Å². The number of rotatable bonds is 3. The first-order valence-corrected chi connectivity index (χ1v) is 12.2. The average molecular weight is 490 g/mol. The van der Waals surface area contributed by atoms with Crippen molar-refractivity contribution in [2.45, 2.75) is 26.4 Å². The van der Waals surface area contributed by atoms with Crippen molar-refractivity contribution in [1.82, 2.24) is 24.5 Å². The summed E-state index contributed by atoms with van der Waals surface area (Å²) in [5.41, 5.74) is 3.34. The topological polar surface area (TPSA) is 88.3 Å². The zero-order chi connectivity index (χ0) is 25.3. The highest BCUT2D eigenvalue weighted by molar-refractivity contribution is 5.77. The van der Waals surface area contributed by atoms with Crippen LogP contribution in [0.4, 0.5) is 16.3 Å². The van der Waals surface area contributed by atoms with Gasteiger partial charge in [-0.05, 0) is 44.9 Å². The summed E-state index contributed by atoms with van der Waals surface area (Å²) in [6.45, 7) is 11.1. The third-order valence-corrected chi connectivity index (χ3v) is 6.26. The van der Waals surface area contributed by atoms with E-state index >= 15 is 0 Å². The Morgan fingerprint density at radius 1 is 1.06 bits per heavy atom. The quantitative estimate of drug-likeness (QED) is 0.519. The summed E-state index contributed by atoms with van der Waals surface area (Å²) in [4.78, 5) is 28.0. The van der Waals surface area contributed by atoms with Crippen LogP contribution in [0.1, 0.15) is 26.5 Å². The summed E-state index contributed by atoms with van der Waals surface area (Å²) in [7, 11) is 0. The van der Waals surface area contributed by atoms with Crippen LogP contribution in [-0.4, -0.2) is 88.7 Å². The number of hydrogen-bond donors (Lipinski definition) is 0. The zero-order valence-corrected chi connectivity index (χ0v) is 21.0. The fraction of sp³-hybridized carbons (Fsp3) is 0.462. The van der Waals surface area contributed by atoms with E-state index in [9.17, 15) is 4.79 Å². The number of amides is 1. The van der Waals surface area contributed by atoms with E-state index in [1.807, 2.05) is 45.2 Å². The van der Waals surface area contributed by atoms with Crippen LogP contribution in [0.3, 0.4) is 0 Å². The third-order valence-electron chi connectivity index (χ3n) is 6.26.